The highest BCUT2D eigenvalue weighted by Gasteiger charge is 2.40. The van der Waals surface area contributed by atoms with Gasteiger partial charge in [0.2, 0.25) is 10.0 Å². The van der Waals surface area contributed by atoms with Crippen LogP contribution in [0.5, 0.6) is 0 Å². The molecule has 1 fully saturated rings. The minimum atomic E-state index is -4.79. The van der Waals surface area contributed by atoms with Gasteiger partial charge in [-0.2, -0.15) is 17.5 Å². The van der Waals surface area contributed by atoms with E-state index in [9.17, 15) is 21.6 Å². The summed E-state index contributed by atoms with van der Waals surface area (Å²) in [6.45, 7) is 0.613. The first kappa shape index (κ1) is 16.5. The lowest BCUT2D eigenvalue weighted by Gasteiger charge is -2.20. The molecule has 0 bridgehead atoms. The summed E-state index contributed by atoms with van der Waals surface area (Å²) in [5, 5.41) is -0.164. The van der Waals surface area contributed by atoms with Crippen molar-refractivity contribution in [2.24, 2.45) is 11.7 Å². The Hall–Kier alpha value is -0.830. The summed E-state index contributed by atoms with van der Waals surface area (Å²) in [6, 6.07) is 2.67. The van der Waals surface area contributed by atoms with Crippen molar-refractivity contribution in [3.05, 3.63) is 28.8 Å². The number of halogens is 4. The Kier molecular flexibility index (Phi) is 4.53. The molecule has 1 atom stereocenters. The Morgan fingerprint density at radius 1 is 1.38 bits per heavy atom. The standard InChI is InChI=1S/C12H14ClF3N2O2S/c13-9-1-2-11(10(5-9)12(14,15)16)21(19,20)18-4-3-8(6-17)7-18/h1-2,5,8H,3-4,6-7,17H2/t8-/m0/s1. The van der Waals surface area contributed by atoms with E-state index < -0.39 is 26.7 Å². The van der Waals surface area contributed by atoms with Gasteiger partial charge in [0.15, 0.2) is 0 Å². The Bertz CT molecular complexity index is 634. The summed E-state index contributed by atoms with van der Waals surface area (Å²) < 4.78 is 65.0. The molecule has 118 valence electrons. The average molecular weight is 343 g/mol. The topological polar surface area (TPSA) is 63.4 Å². The van der Waals surface area contributed by atoms with Crippen LogP contribution in [0.3, 0.4) is 0 Å². The molecular weight excluding hydrogens is 329 g/mol. The average Bonchev–Trinajstić information content (AvgIpc) is 2.86. The van der Waals surface area contributed by atoms with Gasteiger partial charge in [-0.05, 0) is 37.1 Å². The maximum absolute atomic E-state index is 13.0. The molecule has 0 spiro atoms. The summed E-state index contributed by atoms with van der Waals surface area (Å²) in [6.07, 6.45) is -4.25. The minimum absolute atomic E-state index is 0.0265. The number of hydrogen-bond donors (Lipinski definition) is 1. The van der Waals surface area contributed by atoms with E-state index in [0.29, 0.717) is 19.0 Å². The third kappa shape index (κ3) is 3.33. The molecule has 9 heteroatoms. The number of sulfonamides is 1. The van der Waals surface area contributed by atoms with Gasteiger partial charge in [-0.3, -0.25) is 0 Å². The molecule has 21 heavy (non-hydrogen) atoms. The van der Waals surface area contributed by atoms with Crippen LogP contribution in [0.4, 0.5) is 13.2 Å². The molecule has 1 aliphatic heterocycles. The maximum Gasteiger partial charge on any atom is 0.417 e. The lowest BCUT2D eigenvalue weighted by molar-refractivity contribution is -0.139. The van der Waals surface area contributed by atoms with Crippen molar-refractivity contribution >= 4 is 21.6 Å². The van der Waals surface area contributed by atoms with Crippen molar-refractivity contribution in [3.8, 4) is 0 Å². The lowest BCUT2D eigenvalue weighted by atomic mass is 10.1. The number of nitrogens with zero attached hydrogens (tertiary/aromatic N) is 1. The molecule has 1 aromatic rings. The van der Waals surface area contributed by atoms with Crippen LogP contribution in [0.15, 0.2) is 23.1 Å². The zero-order valence-corrected chi connectivity index (χ0v) is 12.5. The van der Waals surface area contributed by atoms with Crippen LogP contribution in [-0.2, 0) is 16.2 Å². The molecule has 1 aliphatic rings. The third-order valence-electron chi connectivity index (χ3n) is 3.45. The van der Waals surface area contributed by atoms with E-state index in [1.54, 1.807) is 0 Å². The van der Waals surface area contributed by atoms with Gasteiger partial charge in [-0.15, -0.1) is 0 Å². The van der Waals surface area contributed by atoms with Crippen LogP contribution in [-0.4, -0.2) is 32.4 Å². The normalized spacial score (nSPS) is 20.9. The van der Waals surface area contributed by atoms with E-state index in [4.69, 9.17) is 17.3 Å². The van der Waals surface area contributed by atoms with Crippen molar-refractivity contribution in [1.29, 1.82) is 0 Å². The van der Waals surface area contributed by atoms with Crippen LogP contribution in [0.1, 0.15) is 12.0 Å². The quantitative estimate of drug-likeness (QED) is 0.917. The van der Waals surface area contributed by atoms with E-state index in [2.05, 4.69) is 0 Å². The summed E-state index contributed by atoms with van der Waals surface area (Å²) in [4.78, 5) is -0.767. The SMILES string of the molecule is NC[C@@H]1CCN(S(=O)(=O)c2ccc(Cl)cc2C(F)(F)F)C1. The van der Waals surface area contributed by atoms with Crippen molar-refractivity contribution in [1.82, 2.24) is 4.31 Å². The second kappa shape index (κ2) is 5.75. The largest absolute Gasteiger partial charge is 0.417 e. The Labute approximate surface area is 125 Å². The van der Waals surface area contributed by atoms with Crippen molar-refractivity contribution < 1.29 is 21.6 Å². The third-order valence-corrected chi connectivity index (χ3v) is 5.61. The number of benzene rings is 1. The number of rotatable bonds is 3. The highest BCUT2D eigenvalue weighted by atomic mass is 35.5. The lowest BCUT2D eigenvalue weighted by Crippen LogP contribution is -2.31. The molecule has 0 amide bonds. The van der Waals surface area contributed by atoms with E-state index in [1.807, 2.05) is 0 Å². The van der Waals surface area contributed by atoms with Crippen LogP contribution in [0, 0.1) is 5.92 Å². The molecule has 1 heterocycles. The van der Waals surface area contributed by atoms with Gasteiger partial charge in [-0.25, -0.2) is 8.42 Å². The van der Waals surface area contributed by atoms with Gasteiger partial charge in [0.05, 0.1) is 10.5 Å². The van der Waals surface area contributed by atoms with E-state index in [1.165, 1.54) is 0 Å². The van der Waals surface area contributed by atoms with Gasteiger partial charge in [0.1, 0.15) is 0 Å². The van der Waals surface area contributed by atoms with Crippen molar-refractivity contribution in [2.45, 2.75) is 17.5 Å². The first-order chi connectivity index (χ1) is 9.66. The van der Waals surface area contributed by atoms with Gasteiger partial charge in [0.25, 0.3) is 0 Å². The molecule has 2 N–H and O–H groups in total. The second-order valence-electron chi connectivity index (χ2n) is 4.89. The predicted octanol–water partition coefficient (Wildman–Crippen LogP) is 2.33. The fraction of sp³-hybridized carbons (Fsp3) is 0.500. The van der Waals surface area contributed by atoms with Crippen molar-refractivity contribution in [3.63, 3.8) is 0 Å². The summed E-state index contributed by atoms with van der Waals surface area (Å²) in [7, 11) is -4.21. The van der Waals surface area contributed by atoms with E-state index >= 15 is 0 Å². The van der Waals surface area contributed by atoms with Gasteiger partial charge < -0.3 is 5.73 Å². The van der Waals surface area contributed by atoms with Gasteiger partial charge in [-0.1, -0.05) is 11.6 Å². The zero-order chi connectivity index (χ0) is 15.8. The molecule has 1 saturated heterocycles. The van der Waals surface area contributed by atoms with Gasteiger partial charge >= 0.3 is 6.18 Å². The highest BCUT2D eigenvalue weighted by Crippen LogP contribution is 2.37. The Morgan fingerprint density at radius 3 is 2.57 bits per heavy atom. The summed E-state index contributed by atoms with van der Waals surface area (Å²) in [5.74, 6) is -0.0265. The highest BCUT2D eigenvalue weighted by molar-refractivity contribution is 7.89. The molecular formula is C12H14ClF3N2O2S. The van der Waals surface area contributed by atoms with E-state index in [-0.39, 0.29) is 24.0 Å². The molecule has 0 unspecified atom stereocenters. The van der Waals surface area contributed by atoms with Crippen LogP contribution in [0.2, 0.25) is 5.02 Å². The van der Waals surface area contributed by atoms with Crippen LogP contribution >= 0.6 is 11.6 Å². The Morgan fingerprint density at radius 2 is 2.05 bits per heavy atom. The molecule has 4 nitrogen and oxygen atoms in total. The number of hydrogen-bond acceptors (Lipinski definition) is 3. The molecule has 2 rings (SSSR count). The minimum Gasteiger partial charge on any atom is -0.330 e. The fourth-order valence-electron chi connectivity index (χ4n) is 2.30. The summed E-state index contributed by atoms with van der Waals surface area (Å²) >= 11 is 5.55. The van der Waals surface area contributed by atoms with Crippen molar-refractivity contribution in [2.75, 3.05) is 19.6 Å². The number of alkyl halides is 3. The number of nitrogens with two attached hydrogens (primary N) is 1. The molecule has 0 saturated carbocycles. The molecule has 1 aromatic carbocycles. The molecule has 0 radical (unpaired) electrons. The monoisotopic (exact) mass is 342 g/mol. The summed E-state index contributed by atoms with van der Waals surface area (Å²) in [5.41, 5.74) is 4.23. The van der Waals surface area contributed by atoms with Crippen LogP contribution in [0.25, 0.3) is 0 Å². The first-order valence-electron chi connectivity index (χ1n) is 6.23. The zero-order valence-electron chi connectivity index (χ0n) is 10.9. The van der Waals surface area contributed by atoms with Crippen LogP contribution < -0.4 is 5.73 Å². The van der Waals surface area contributed by atoms with Gasteiger partial charge in [0, 0.05) is 18.1 Å². The van der Waals surface area contributed by atoms with E-state index in [0.717, 1.165) is 16.4 Å². The molecule has 0 aromatic heterocycles. The fourth-order valence-corrected chi connectivity index (χ4v) is 4.19. The Balaban J connectivity index is 2.46. The first-order valence-corrected chi connectivity index (χ1v) is 8.05. The maximum atomic E-state index is 13.0. The predicted molar refractivity (Wildman–Crippen MR) is 72.4 cm³/mol. The second-order valence-corrected chi connectivity index (χ2v) is 7.23. The smallest absolute Gasteiger partial charge is 0.330 e. The molecule has 0 aliphatic carbocycles.